The molecule has 0 heterocycles. The molecule has 0 saturated heterocycles. The third-order valence-electron chi connectivity index (χ3n) is 39.7. The van der Waals surface area contributed by atoms with Gasteiger partial charge in [-0.3, -0.25) is 0 Å². The second-order valence-electron chi connectivity index (χ2n) is 44.3. The first-order valence-corrected chi connectivity index (χ1v) is 49.6. The quantitative estimate of drug-likeness (QED) is 0.0629. The van der Waals surface area contributed by atoms with E-state index in [0.717, 1.165) is 101 Å². The van der Waals surface area contributed by atoms with Gasteiger partial charge in [0.05, 0.1) is 0 Å². The molecule has 0 amide bonds. The molecule has 0 aromatic rings. The molecular weight excluding hydrogens is 1290 g/mol. The van der Waals surface area contributed by atoms with Gasteiger partial charge in [-0.25, -0.2) is 0 Å². The van der Waals surface area contributed by atoms with Gasteiger partial charge < -0.3 is 0 Å². The zero-order chi connectivity index (χ0) is 74.2. The van der Waals surface area contributed by atoms with E-state index in [4.69, 9.17) is 0 Å². The van der Waals surface area contributed by atoms with E-state index in [1.54, 1.807) is 44.6 Å². The van der Waals surface area contributed by atoms with Gasteiger partial charge >= 0.3 is 0 Å². The number of hydrogen-bond donors (Lipinski definition) is 0. The second kappa shape index (κ2) is 34.4. The Morgan fingerprint density at radius 1 is 0.252 bits per heavy atom. The lowest BCUT2D eigenvalue weighted by atomic mass is 9.47. The highest BCUT2D eigenvalue weighted by molar-refractivity contribution is 5.51. The van der Waals surface area contributed by atoms with Gasteiger partial charge in [-0.15, -0.1) is 0 Å². The summed E-state index contributed by atoms with van der Waals surface area (Å²) in [7, 11) is 0. The number of hydrogen-bond acceptors (Lipinski definition) is 0. The van der Waals surface area contributed by atoms with Crippen LogP contribution in [0.1, 0.15) is 436 Å². The minimum atomic E-state index is 0.412. The van der Waals surface area contributed by atoms with Crippen molar-refractivity contribution in [2.75, 3.05) is 0 Å². The number of fused-ring (bicyclic) bond motifs is 20. The Hall–Kier alpha value is -2.08. The fourth-order valence-electron chi connectivity index (χ4n) is 33.0. The third kappa shape index (κ3) is 15.4. The maximum Gasteiger partial charge on any atom is -0.00441 e. The van der Waals surface area contributed by atoms with Gasteiger partial charge in [-0.2, -0.15) is 0 Å². The molecule has 16 aliphatic rings. The largest absolute Gasteiger partial charge is 0.0807 e. The van der Waals surface area contributed by atoms with Crippen molar-refractivity contribution in [3.8, 4) is 0 Å². The Kier molecular flexibility index (Phi) is 25.7. The number of unbranched alkanes of at least 4 members (excludes halogenated alkanes) is 20. The van der Waals surface area contributed by atoms with E-state index in [0.29, 0.717) is 37.9 Å². The van der Waals surface area contributed by atoms with Crippen LogP contribution >= 0.6 is 0 Å². The molecule has 0 heteroatoms. The molecule has 8 fully saturated rings. The van der Waals surface area contributed by atoms with Crippen LogP contribution in [0.25, 0.3) is 0 Å². The van der Waals surface area contributed by atoms with Gasteiger partial charge in [0.2, 0.25) is 0 Å². The molecule has 8 saturated carbocycles. The van der Waals surface area contributed by atoms with Crippen molar-refractivity contribution >= 4 is 0 Å². The maximum absolute atomic E-state index is 2.80. The highest BCUT2D eigenvalue weighted by Gasteiger charge is 2.63. The van der Waals surface area contributed by atoms with Crippen LogP contribution in [0.3, 0.4) is 0 Å². The second-order valence-corrected chi connectivity index (χ2v) is 44.3. The average Bonchev–Trinajstić information content (AvgIpc) is 1.72. The molecule has 0 aromatic carbocycles. The van der Waals surface area contributed by atoms with E-state index in [-0.39, 0.29) is 0 Å². The first-order chi connectivity index (χ1) is 51.9. The monoisotopic (exact) mass is 1460 g/mol. The highest BCUT2D eigenvalue weighted by atomic mass is 14.7. The Morgan fingerprint density at radius 3 is 0.879 bits per heavy atom. The molecule has 0 nitrogen and oxygen atoms in total. The van der Waals surface area contributed by atoms with Crippen LogP contribution < -0.4 is 0 Å². The molecule has 0 spiro atoms. The number of allylic oxidation sites excluding steroid dienone is 16. The van der Waals surface area contributed by atoms with Crippen LogP contribution in [0, 0.1) is 139 Å². The van der Waals surface area contributed by atoms with E-state index in [2.05, 4.69) is 125 Å². The van der Waals surface area contributed by atoms with Crippen LogP contribution in [0.4, 0.5) is 0 Å². The van der Waals surface area contributed by atoms with E-state index >= 15 is 0 Å². The van der Waals surface area contributed by atoms with Gasteiger partial charge in [0.15, 0.2) is 0 Å². The lowest BCUT2D eigenvalue weighted by Gasteiger charge is -2.58. The van der Waals surface area contributed by atoms with Crippen molar-refractivity contribution in [1.82, 2.24) is 0 Å². The molecule has 16 aliphatic carbocycles. The first-order valence-electron chi connectivity index (χ1n) is 49.6. The van der Waals surface area contributed by atoms with E-state index < -0.39 is 0 Å². The molecule has 107 heavy (non-hydrogen) atoms. The summed E-state index contributed by atoms with van der Waals surface area (Å²) in [6.07, 6.45) is 104. The summed E-state index contributed by atoms with van der Waals surface area (Å²) in [6, 6.07) is 0. The lowest BCUT2D eigenvalue weighted by Crippen LogP contribution is -2.49. The van der Waals surface area contributed by atoms with Crippen LogP contribution in [0.2, 0.25) is 0 Å². The summed E-state index contributed by atoms with van der Waals surface area (Å²) >= 11 is 0. The molecule has 16 rings (SSSR count). The van der Waals surface area contributed by atoms with Gasteiger partial charge in [0.25, 0.3) is 0 Å². The van der Waals surface area contributed by atoms with Crippen molar-refractivity contribution in [2.45, 2.75) is 436 Å². The van der Waals surface area contributed by atoms with E-state index in [9.17, 15) is 0 Å². The van der Waals surface area contributed by atoms with Crippen molar-refractivity contribution < 1.29 is 0 Å². The smallest absolute Gasteiger partial charge is 0.00441 e. The minimum Gasteiger partial charge on any atom is -0.0807 e. The van der Waals surface area contributed by atoms with Crippen molar-refractivity contribution in [1.29, 1.82) is 0 Å². The molecule has 0 aliphatic heterocycles. The van der Waals surface area contributed by atoms with Crippen molar-refractivity contribution in [2.24, 2.45) is 139 Å². The van der Waals surface area contributed by atoms with Crippen LogP contribution in [0.5, 0.6) is 0 Å². The Labute approximate surface area is 663 Å². The van der Waals surface area contributed by atoms with Crippen molar-refractivity contribution in [3.63, 3.8) is 0 Å². The molecule has 24 atom stereocenters. The predicted molar refractivity (Wildman–Crippen MR) is 462 cm³/mol. The van der Waals surface area contributed by atoms with Crippen LogP contribution in [-0.4, -0.2) is 0 Å². The third-order valence-corrected chi connectivity index (χ3v) is 39.7. The Bertz CT molecular complexity index is 3140. The molecule has 13 unspecified atom stereocenters. The normalized spacial score (nSPS) is 43.3. The zero-order valence-electron chi connectivity index (χ0n) is 72.5. The molecule has 0 N–H and O–H groups in total. The topological polar surface area (TPSA) is 0 Å². The van der Waals surface area contributed by atoms with Gasteiger partial charge in [0.1, 0.15) is 0 Å². The lowest BCUT2D eigenvalue weighted by molar-refractivity contribution is -0.0380. The zero-order valence-corrected chi connectivity index (χ0v) is 72.5. The molecular formula is C107H170. The van der Waals surface area contributed by atoms with Gasteiger partial charge in [0, 0.05) is 0 Å². The summed E-state index contributed by atoms with van der Waals surface area (Å²) < 4.78 is 0. The summed E-state index contributed by atoms with van der Waals surface area (Å²) in [6.45, 7) is 28.6. The minimum absolute atomic E-state index is 0.412. The maximum atomic E-state index is 2.80. The summed E-state index contributed by atoms with van der Waals surface area (Å²) in [5, 5.41) is 0. The summed E-state index contributed by atoms with van der Waals surface area (Å²) in [4.78, 5) is 0. The van der Waals surface area contributed by atoms with E-state index in [1.807, 2.05) is 0 Å². The molecule has 0 aromatic heterocycles. The summed E-state index contributed by atoms with van der Waals surface area (Å²) in [5.41, 5.74) is 17.7. The Balaban J connectivity index is 0.000000171. The van der Waals surface area contributed by atoms with E-state index in [1.165, 1.54) is 360 Å². The van der Waals surface area contributed by atoms with Gasteiger partial charge in [-0.05, 0) is 389 Å². The van der Waals surface area contributed by atoms with Crippen LogP contribution in [-0.2, 0) is 0 Å². The SMILES string of the molecule is CCCCCCCC[C@H]1CCC2C3CC=C4C=C(C5=CC6=CCC7C(CC[C@@]8(C)C7CC[C@@H]8CCCCCCCC)[C@@]6(C)CC5)CCC4C3CC[C@@]21C.CCCCCCCC[C@H]1CCC2C3CC=C4C=C(C5=CC6=CCC7C(CC[C@@]8(C)C7CC[C@@H]8CCCCCCCC)[C@@]6(C)CC5)CC[C@]4(C)C3CC[C@@]21C. The molecule has 0 bridgehead atoms. The fourth-order valence-corrected chi connectivity index (χ4v) is 33.0. The average molecular weight is 1460 g/mol. The predicted octanol–water partition coefficient (Wildman–Crippen LogP) is 33.0. The highest BCUT2D eigenvalue weighted by Crippen LogP contribution is 2.72. The molecule has 0 radical (unpaired) electrons. The first kappa shape index (κ1) is 80.1. The Morgan fingerprint density at radius 2 is 0.542 bits per heavy atom. The standard InChI is InChI=1S/C54H86.C53H84/c1-7-9-11-13-15-17-19-41-23-27-47-45-25-21-43-37-39(29-33-53(43,5)49(45)31-35-51(41,47)3)40-30-34-54(6)44(38-40)22-26-46-48-28-24-42(20-18-16-14-12-10-8-2)52(48,4)36-32-50(46)54;1-6-8-10-12-14-16-18-41-23-28-48-46-26-21-40-36-38(20-25-44(40)45(46)31-34-51(41,48)3)39-30-33-53(5)43(37-39)22-27-47-49-29-24-42(19-17-15-13-11-9-7-2)52(49,4)35-32-50(47)53/h21-22,37-38,41-42,45-50H,7-20,23-36H2,1-6H3;21-22,36-37,41-42,44-50H,6-20,23-35H2,1-5H3/t41-,42-,45?,46?,47?,48?,49?,50?,51+,52+,53-,54-;41-,42-,44?,45?,46?,47?,48?,49?,50?,51+,52+,53-/m00/s1. The number of rotatable bonds is 30. The van der Waals surface area contributed by atoms with Crippen LogP contribution in [0.15, 0.2) is 93.2 Å². The summed E-state index contributed by atoms with van der Waals surface area (Å²) in [5.74, 6) is 16.4. The van der Waals surface area contributed by atoms with Crippen molar-refractivity contribution in [3.05, 3.63) is 93.2 Å². The van der Waals surface area contributed by atoms with Gasteiger partial charge in [-0.1, -0.05) is 279 Å². The molecule has 598 valence electrons. The fraction of sp³-hybridized carbons (Fsp3) is 0.850.